The van der Waals surface area contributed by atoms with Crippen molar-refractivity contribution in [1.82, 2.24) is 0 Å². The largest absolute Gasteiger partial charge is 0.507 e. The van der Waals surface area contributed by atoms with E-state index in [-0.39, 0.29) is 33.5 Å². The van der Waals surface area contributed by atoms with Crippen LogP contribution in [0.1, 0.15) is 44.3 Å². The maximum Gasteiger partial charge on any atom is 0.198 e. The molecule has 8 nitrogen and oxygen atoms in total. The number of phenols is 1. The van der Waals surface area contributed by atoms with E-state index in [9.17, 15) is 24.9 Å². The van der Waals surface area contributed by atoms with Crippen LogP contribution in [0.4, 0.5) is 11.4 Å². The molecule has 0 spiro atoms. The molecule has 2 aliphatic carbocycles. The van der Waals surface area contributed by atoms with Gasteiger partial charge in [0.25, 0.3) is 0 Å². The van der Waals surface area contributed by atoms with Crippen molar-refractivity contribution in [1.29, 1.82) is 0 Å². The Morgan fingerprint density at radius 3 is 2.53 bits per heavy atom. The Morgan fingerprint density at radius 2 is 1.79 bits per heavy atom. The van der Waals surface area contributed by atoms with Gasteiger partial charge in [-0.05, 0) is 43.3 Å². The van der Waals surface area contributed by atoms with E-state index >= 15 is 0 Å². The van der Waals surface area contributed by atoms with E-state index in [0.29, 0.717) is 5.69 Å². The molecule has 0 amide bonds. The third-order valence-corrected chi connectivity index (χ3v) is 6.98. The minimum Gasteiger partial charge on any atom is -0.507 e. The van der Waals surface area contributed by atoms with Crippen molar-refractivity contribution in [3.05, 3.63) is 64.2 Å². The molecule has 2 aromatic carbocycles. The first-order valence-electron chi connectivity index (χ1n) is 10.6. The molecule has 4 aliphatic rings. The number of phenolic OH excluding ortho intramolecular Hbond substituents is 1. The minimum atomic E-state index is -1.59. The Labute approximate surface area is 194 Å². The van der Waals surface area contributed by atoms with Crippen molar-refractivity contribution < 1.29 is 29.6 Å². The van der Waals surface area contributed by atoms with Gasteiger partial charge in [-0.1, -0.05) is 23.7 Å². The van der Waals surface area contributed by atoms with Gasteiger partial charge in [0.2, 0.25) is 0 Å². The number of carbonyl (C=O) groups is 2. The highest BCUT2D eigenvalue weighted by atomic mass is 16.7. The van der Waals surface area contributed by atoms with Crippen LogP contribution >= 0.6 is 0 Å². The fourth-order valence-electron chi connectivity index (χ4n) is 5.46. The summed E-state index contributed by atoms with van der Waals surface area (Å²) in [4.78, 5) is 27.0. The van der Waals surface area contributed by atoms with Gasteiger partial charge in [-0.2, -0.15) is 0 Å². The van der Waals surface area contributed by atoms with E-state index in [1.165, 1.54) is 43.3 Å². The number of ketones is 2. The molecule has 2 aliphatic heterocycles. The molecule has 0 radical (unpaired) electrons. The Bertz CT molecular complexity index is 1500. The number of hydrogen-bond acceptors (Lipinski definition) is 8. The summed E-state index contributed by atoms with van der Waals surface area (Å²) in [5.74, 6) is 9.71. The molecule has 6 N–H and O–H groups in total. The van der Waals surface area contributed by atoms with Crippen LogP contribution in [0.25, 0.3) is 0 Å². The summed E-state index contributed by atoms with van der Waals surface area (Å²) in [7, 11) is 0. The summed E-state index contributed by atoms with van der Waals surface area (Å²) >= 11 is 0. The van der Waals surface area contributed by atoms with Crippen molar-refractivity contribution in [2.45, 2.75) is 36.4 Å². The fourth-order valence-corrected chi connectivity index (χ4v) is 5.46. The number of aromatic hydroxyl groups is 1. The number of ether oxygens (including phenoxy) is 1. The molecule has 0 aromatic heterocycles. The number of aliphatic hydroxyl groups is 2. The van der Waals surface area contributed by atoms with Crippen molar-refractivity contribution >= 4 is 22.9 Å². The maximum absolute atomic E-state index is 13.7. The van der Waals surface area contributed by atoms with E-state index in [0.717, 1.165) is 0 Å². The van der Waals surface area contributed by atoms with Crippen LogP contribution in [0.2, 0.25) is 0 Å². The van der Waals surface area contributed by atoms with Crippen molar-refractivity contribution in [2.75, 3.05) is 11.1 Å². The number of carbonyl (C=O) groups excluding carboxylic acids is 2. The quantitative estimate of drug-likeness (QED) is 0.157. The highest BCUT2D eigenvalue weighted by Gasteiger charge is 2.82. The number of hydrogen-bond donors (Lipinski definition) is 5. The Morgan fingerprint density at radius 1 is 1.09 bits per heavy atom. The second-order valence-electron chi connectivity index (χ2n) is 8.73. The topological polar surface area (TPSA) is 145 Å². The van der Waals surface area contributed by atoms with Gasteiger partial charge < -0.3 is 31.1 Å². The summed E-state index contributed by atoms with van der Waals surface area (Å²) in [5.41, 5.74) is 3.60. The average Bonchev–Trinajstić information content (AvgIpc) is 3.53. The highest BCUT2D eigenvalue weighted by molar-refractivity contribution is 6.31. The zero-order chi connectivity index (χ0) is 24.0. The molecule has 2 heterocycles. The van der Waals surface area contributed by atoms with Crippen LogP contribution in [0.3, 0.4) is 0 Å². The molecule has 168 valence electrons. The molecular weight excluding hydrogens is 436 g/mol. The molecule has 0 saturated carbocycles. The first kappa shape index (κ1) is 20.5. The molecule has 1 unspecified atom stereocenters. The second-order valence-corrected chi connectivity index (χ2v) is 8.73. The summed E-state index contributed by atoms with van der Waals surface area (Å²) in [6.07, 6.45) is 0.449. The normalized spacial score (nSPS) is 31.0. The van der Waals surface area contributed by atoms with Crippen molar-refractivity contribution in [3.63, 3.8) is 0 Å². The lowest BCUT2D eigenvalue weighted by Crippen LogP contribution is -2.54. The van der Waals surface area contributed by atoms with E-state index in [4.69, 9.17) is 10.5 Å². The number of allylic oxidation sites excluding steroid dienone is 2. The standard InChI is InChI=1S/C26H18N2O6/c1-12(29)25-18-6-4-2-3-5-7-19(31)26(25,34-25)16-11-17(30)20-21(22(16)28-18)24(33)15-10-13(27)8-9-14(15)23(20)32/h2-3,8-12,18-19,28-31H,27H2,1H3/b3-2-/t12?,18-,19+,25+,26-/m0/s1. The molecule has 8 heteroatoms. The van der Waals surface area contributed by atoms with Gasteiger partial charge in [0.05, 0.1) is 22.9 Å². The van der Waals surface area contributed by atoms with Gasteiger partial charge in [-0.15, -0.1) is 0 Å². The lowest BCUT2D eigenvalue weighted by Gasteiger charge is -2.37. The number of nitrogens with one attached hydrogen (secondary N) is 1. The van der Waals surface area contributed by atoms with E-state index in [1.54, 1.807) is 0 Å². The number of fused-ring (bicyclic) bond motifs is 4. The zero-order valence-corrected chi connectivity index (χ0v) is 17.8. The van der Waals surface area contributed by atoms with Gasteiger partial charge in [-0.3, -0.25) is 9.59 Å². The second kappa shape index (κ2) is 6.49. The first-order chi connectivity index (χ1) is 16.2. The number of rotatable bonds is 1. The maximum atomic E-state index is 13.7. The third-order valence-electron chi connectivity index (χ3n) is 6.98. The van der Waals surface area contributed by atoms with Gasteiger partial charge in [0, 0.05) is 22.4 Å². The lowest BCUT2D eigenvalue weighted by molar-refractivity contribution is 0.0867. The van der Waals surface area contributed by atoms with E-state index < -0.39 is 46.8 Å². The van der Waals surface area contributed by atoms with Crippen LogP contribution in [-0.4, -0.2) is 50.7 Å². The van der Waals surface area contributed by atoms with Crippen LogP contribution in [-0.2, 0) is 10.3 Å². The number of nitrogens with two attached hydrogens (primary N) is 1. The van der Waals surface area contributed by atoms with Gasteiger partial charge >= 0.3 is 0 Å². The summed E-state index contributed by atoms with van der Waals surface area (Å²) in [6.45, 7) is 1.51. The predicted octanol–water partition coefficient (Wildman–Crippen LogP) is 0.827. The Hall–Kier alpha value is -4.08. The first-order valence-corrected chi connectivity index (χ1v) is 10.6. The van der Waals surface area contributed by atoms with Crippen LogP contribution in [0.5, 0.6) is 5.75 Å². The predicted molar refractivity (Wildman–Crippen MR) is 121 cm³/mol. The number of epoxide rings is 1. The highest BCUT2D eigenvalue weighted by Crippen LogP contribution is 2.67. The molecule has 6 rings (SSSR count). The number of aliphatic hydroxyl groups excluding tert-OH is 2. The van der Waals surface area contributed by atoms with Gasteiger partial charge in [-0.25, -0.2) is 0 Å². The van der Waals surface area contributed by atoms with Crippen LogP contribution in [0, 0.1) is 23.7 Å². The molecule has 1 saturated heterocycles. The van der Waals surface area contributed by atoms with Crippen LogP contribution < -0.4 is 11.1 Å². The SMILES string of the molecule is CC(O)[C@]12O[C@]13c1cc(O)c4c(c1N[C@H]2C#C/C=C\C#C[C@H]3O)C(=O)c1cc(N)ccc1C4=O. The zero-order valence-electron chi connectivity index (χ0n) is 17.8. The summed E-state index contributed by atoms with van der Waals surface area (Å²) < 4.78 is 6.12. The molecule has 2 aromatic rings. The number of benzene rings is 2. The molecule has 34 heavy (non-hydrogen) atoms. The molecule has 1 fully saturated rings. The smallest absolute Gasteiger partial charge is 0.198 e. The average molecular weight is 454 g/mol. The van der Waals surface area contributed by atoms with Crippen molar-refractivity contribution in [3.8, 4) is 29.4 Å². The summed E-state index contributed by atoms with van der Waals surface area (Å²) in [6, 6.07) is 4.81. The number of anilines is 2. The Kier molecular flexibility index (Phi) is 3.92. The number of nitrogen functional groups attached to an aromatic ring is 1. The molecular formula is C26H18N2O6. The van der Waals surface area contributed by atoms with Crippen molar-refractivity contribution in [2.24, 2.45) is 0 Å². The molecule has 2 bridgehead atoms. The third kappa shape index (κ3) is 2.25. The Balaban J connectivity index is 1.68. The summed E-state index contributed by atoms with van der Waals surface area (Å²) in [5, 5.41) is 36.0. The minimum absolute atomic E-state index is 0.0632. The van der Waals surface area contributed by atoms with Gasteiger partial charge in [0.15, 0.2) is 28.9 Å². The van der Waals surface area contributed by atoms with E-state index in [1.807, 2.05) is 0 Å². The fraction of sp³-hybridized carbons (Fsp3) is 0.231. The van der Waals surface area contributed by atoms with Gasteiger partial charge in [0.1, 0.15) is 11.8 Å². The monoisotopic (exact) mass is 454 g/mol. The van der Waals surface area contributed by atoms with Crippen LogP contribution in [0.15, 0.2) is 36.4 Å². The van der Waals surface area contributed by atoms with E-state index in [2.05, 4.69) is 29.0 Å². The molecule has 5 atom stereocenters. The lowest BCUT2D eigenvalue weighted by atomic mass is 9.69.